The molecule has 0 saturated heterocycles. The van der Waals surface area contributed by atoms with Crippen LogP contribution < -0.4 is 5.73 Å². The Hall–Kier alpha value is -1.48. The predicted molar refractivity (Wildman–Crippen MR) is 55.7 cm³/mol. The van der Waals surface area contributed by atoms with Crippen LogP contribution in [0.5, 0.6) is 0 Å². The van der Waals surface area contributed by atoms with Crippen molar-refractivity contribution in [1.82, 2.24) is 9.97 Å². The highest BCUT2D eigenvalue weighted by atomic mass is 35.5. The summed E-state index contributed by atoms with van der Waals surface area (Å²) in [6.07, 6.45) is 3.53. The van der Waals surface area contributed by atoms with Crippen LogP contribution in [0.1, 0.15) is 0 Å². The van der Waals surface area contributed by atoms with Crippen LogP contribution in [0, 0.1) is 0 Å². The Morgan fingerprint density at radius 3 is 2.38 bits per heavy atom. The number of H-pyrrole nitrogens is 1. The van der Waals surface area contributed by atoms with Gasteiger partial charge in [0, 0.05) is 23.6 Å². The van der Waals surface area contributed by atoms with Gasteiger partial charge >= 0.3 is 0 Å². The van der Waals surface area contributed by atoms with E-state index in [9.17, 15) is 0 Å². The molecule has 0 aliphatic carbocycles. The van der Waals surface area contributed by atoms with Crippen LogP contribution in [0.4, 0.5) is 5.69 Å². The smallest absolute Gasteiger partial charge is 0.137 e. The number of aromatic amines is 1. The van der Waals surface area contributed by atoms with Crippen LogP contribution in [-0.4, -0.2) is 9.97 Å². The summed E-state index contributed by atoms with van der Waals surface area (Å²) in [7, 11) is 0. The largest absolute Gasteiger partial charge is 0.399 e. The Bertz CT molecular complexity index is 353. The van der Waals surface area contributed by atoms with Gasteiger partial charge in [-0.1, -0.05) is 0 Å². The molecule has 4 heteroatoms. The standard InChI is InChI=1S/C9H9N3.ClH/c10-8-3-1-7(2-4-8)9-11-5-6-12-9;/h1-6H,10H2,(H,11,12);1H. The minimum atomic E-state index is 0. The molecular weight excluding hydrogens is 186 g/mol. The number of nitrogen functional groups attached to an aromatic ring is 1. The van der Waals surface area contributed by atoms with Crippen molar-refractivity contribution in [3.63, 3.8) is 0 Å². The molecule has 0 atom stereocenters. The zero-order valence-corrected chi connectivity index (χ0v) is 7.71. The third kappa shape index (κ3) is 2.00. The van der Waals surface area contributed by atoms with Crippen LogP contribution in [0.25, 0.3) is 11.4 Å². The number of imidazole rings is 1. The molecular formula is C9H10ClN3. The van der Waals surface area contributed by atoms with E-state index in [-0.39, 0.29) is 12.4 Å². The van der Waals surface area contributed by atoms with E-state index in [1.807, 2.05) is 24.3 Å². The molecule has 3 nitrogen and oxygen atoms in total. The van der Waals surface area contributed by atoms with Gasteiger partial charge in [0.1, 0.15) is 5.82 Å². The lowest BCUT2D eigenvalue weighted by Crippen LogP contribution is -1.84. The molecule has 0 spiro atoms. The number of hydrogen-bond donors (Lipinski definition) is 2. The summed E-state index contributed by atoms with van der Waals surface area (Å²) in [5.74, 6) is 0.870. The van der Waals surface area contributed by atoms with Gasteiger partial charge in [0.15, 0.2) is 0 Å². The second kappa shape index (κ2) is 3.96. The SMILES string of the molecule is Cl.Nc1ccc(-c2ncc[nH]2)cc1. The number of rotatable bonds is 1. The maximum atomic E-state index is 5.55. The van der Waals surface area contributed by atoms with Crippen molar-refractivity contribution in [3.05, 3.63) is 36.7 Å². The fourth-order valence-electron chi connectivity index (χ4n) is 1.06. The van der Waals surface area contributed by atoms with E-state index in [0.717, 1.165) is 17.1 Å². The van der Waals surface area contributed by atoms with Crippen molar-refractivity contribution in [1.29, 1.82) is 0 Å². The molecule has 0 fully saturated rings. The number of anilines is 1. The summed E-state index contributed by atoms with van der Waals surface area (Å²) in [5, 5.41) is 0. The maximum Gasteiger partial charge on any atom is 0.137 e. The van der Waals surface area contributed by atoms with E-state index in [2.05, 4.69) is 9.97 Å². The van der Waals surface area contributed by atoms with Crippen LogP contribution >= 0.6 is 12.4 Å². The number of nitrogens with one attached hydrogen (secondary N) is 1. The molecule has 0 unspecified atom stereocenters. The van der Waals surface area contributed by atoms with Gasteiger partial charge in [-0.2, -0.15) is 0 Å². The van der Waals surface area contributed by atoms with E-state index < -0.39 is 0 Å². The summed E-state index contributed by atoms with van der Waals surface area (Å²) >= 11 is 0. The number of nitrogens with zero attached hydrogens (tertiary/aromatic N) is 1. The number of benzene rings is 1. The highest BCUT2D eigenvalue weighted by Gasteiger charge is 1.96. The Kier molecular flexibility index (Phi) is 2.93. The van der Waals surface area contributed by atoms with E-state index >= 15 is 0 Å². The molecule has 1 aromatic carbocycles. The lowest BCUT2D eigenvalue weighted by atomic mass is 10.2. The molecule has 0 amide bonds. The van der Waals surface area contributed by atoms with Crippen LogP contribution in [0.15, 0.2) is 36.7 Å². The average molecular weight is 196 g/mol. The van der Waals surface area contributed by atoms with Gasteiger partial charge in [0.05, 0.1) is 0 Å². The summed E-state index contributed by atoms with van der Waals surface area (Å²) < 4.78 is 0. The van der Waals surface area contributed by atoms with Crippen molar-refractivity contribution in [2.45, 2.75) is 0 Å². The normalized spacial score (nSPS) is 9.23. The molecule has 2 aromatic rings. The van der Waals surface area contributed by atoms with Crippen molar-refractivity contribution in [3.8, 4) is 11.4 Å². The molecule has 0 bridgehead atoms. The van der Waals surface area contributed by atoms with Gasteiger partial charge < -0.3 is 10.7 Å². The zero-order valence-electron chi connectivity index (χ0n) is 6.90. The molecule has 3 N–H and O–H groups in total. The lowest BCUT2D eigenvalue weighted by Gasteiger charge is -1.96. The van der Waals surface area contributed by atoms with Gasteiger partial charge in [0.25, 0.3) is 0 Å². The Labute approximate surface area is 82.4 Å². The van der Waals surface area contributed by atoms with Gasteiger partial charge in [-0.15, -0.1) is 12.4 Å². The first-order valence-electron chi connectivity index (χ1n) is 3.71. The predicted octanol–water partition coefficient (Wildman–Crippen LogP) is 2.08. The van der Waals surface area contributed by atoms with E-state index in [0.29, 0.717) is 0 Å². The molecule has 2 rings (SSSR count). The van der Waals surface area contributed by atoms with Crippen molar-refractivity contribution < 1.29 is 0 Å². The molecule has 1 heterocycles. The minimum absolute atomic E-state index is 0. The maximum absolute atomic E-state index is 5.55. The second-order valence-electron chi connectivity index (χ2n) is 2.56. The first kappa shape index (κ1) is 9.61. The molecule has 1 aromatic heterocycles. The fraction of sp³-hybridized carbons (Fsp3) is 0. The van der Waals surface area contributed by atoms with Crippen molar-refractivity contribution in [2.24, 2.45) is 0 Å². The summed E-state index contributed by atoms with van der Waals surface area (Å²) in [6.45, 7) is 0. The van der Waals surface area contributed by atoms with E-state index in [4.69, 9.17) is 5.73 Å². The molecule has 68 valence electrons. The van der Waals surface area contributed by atoms with Gasteiger partial charge in [0.2, 0.25) is 0 Å². The van der Waals surface area contributed by atoms with E-state index in [1.165, 1.54) is 0 Å². The molecule has 13 heavy (non-hydrogen) atoms. The lowest BCUT2D eigenvalue weighted by molar-refractivity contribution is 1.31. The van der Waals surface area contributed by atoms with Gasteiger partial charge in [-0.3, -0.25) is 0 Å². The first-order chi connectivity index (χ1) is 5.86. The number of nitrogens with two attached hydrogens (primary N) is 1. The Morgan fingerprint density at radius 1 is 1.15 bits per heavy atom. The monoisotopic (exact) mass is 195 g/mol. The number of halogens is 1. The first-order valence-corrected chi connectivity index (χ1v) is 3.71. The topological polar surface area (TPSA) is 54.7 Å². The Morgan fingerprint density at radius 2 is 1.85 bits per heavy atom. The third-order valence-corrected chi connectivity index (χ3v) is 1.68. The zero-order chi connectivity index (χ0) is 8.39. The van der Waals surface area contributed by atoms with Crippen molar-refractivity contribution >= 4 is 18.1 Å². The molecule has 0 aliphatic heterocycles. The molecule has 0 aliphatic rings. The summed E-state index contributed by atoms with van der Waals surface area (Å²) in [6, 6.07) is 7.60. The summed E-state index contributed by atoms with van der Waals surface area (Å²) in [5.41, 5.74) is 7.37. The number of hydrogen-bond acceptors (Lipinski definition) is 2. The van der Waals surface area contributed by atoms with Gasteiger partial charge in [-0.05, 0) is 24.3 Å². The highest BCUT2D eigenvalue weighted by Crippen LogP contribution is 2.15. The molecule has 0 saturated carbocycles. The Balaban J connectivity index is 0.000000845. The van der Waals surface area contributed by atoms with Crippen molar-refractivity contribution in [2.75, 3.05) is 5.73 Å². The van der Waals surface area contributed by atoms with Crippen LogP contribution in [-0.2, 0) is 0 Å². The van der Waals surface area contributed by atoms with E-state index in [1.54, 1.807) is 12.4 Å². The van der Waals surface area contributed by atoms with Gasteiger partial charge in [-0.25, -0.2) is 4.98 Å². The molecule has 0 radical (unpaired) electrons. The quantitative estimate of drug-likeness (QED) is 0.685. The van der Waals surface area contributed by atoms with Crippen LogP contribution in [0.3, 0.4) is 0 Å². The average Bonchev–Trinajstić information content (AvgIpc) is 2.58. The third-order valence-electron chi connectivity index (χ3n) is 1.68. The summed E-state index contributed by atoms with van der Waals surface area (Å²) in [4.78, 5) is 7.14. The fourth-order valence-corrected chi connectivity index (χ4v) is 1.06. The number of aromatic nitrogens is 2. The minimum Gasteiger partial charge on any atom is -0.399 e. The van der Waals surface area contributed by atoms with Crippen LogP contribution in [0.2, 0.25) is 0 Å². The second-order valence-corrected chi connectivity index (χ2v) is 2.56. The highest BCUT2D eigenvalue weighted by molar-refractivity contribution is 5.85.